The summed E-state index contributed by atoms with van der Waals surface area (Å²) >= 11 is 0. The minimum absolute atomic E-state index is 0.140. The lowest BCUT2D eigenvalue weighted by Crippen LogP contribution is -2.55. The fourth-order valence-electron chi connectivity index (χ4n) is 2.87. The fraction of sp³-hybridized carbons (Fsp3) is 0.684. The van der Waals surface area contributed by atoms with Gasteiger partial charge in [-0.25, -0.2) is 0 Å². The third-order valence-corrected chi connectivity index (χ3v) is 16.0. The van der Waals surface area contributed by atoms with E-state index in [0.717, 1.165) is 5.75 Å². The zero-order valence-electron chi connectivity index (χ0n) is 19.2. The highest BCUT2D eigenvalue weighted by molar-refractivity contribution is 6.85. The maximum Gasteiger partial charge on any atom is 0.354 e. The fourth-order valence-corrected chi connectivity index (χ4v) is 17.0. The Morgan fingerprint density at radius 1 is 0.815 bits per heavy atom. The van der Waals surface area contributed by atoms with E-state index in [-0.39, 0.29) is 5.41 Å². The van der Waals surface area contributed by atoms with E-state index in [2.05, 4.69) is 85.3 Å². The Labute approximate surface area is 171 Å². The number of ether oxygens (including phenoxy) is 1. The van der Waals surface area contributed by atoms with Gasteiger partial charge in [-0.05, 0) is 75.5 Å². The van der Waals surface area contributed by atoms with Crippen LogP contribution in [-0.4, -0.2) is 40.7 Å². The van der Waals surface area contributed by atoms with Gasteiger partial charge in [-0.2, -0.15) is 0 Å². The molecule has 1 aromatic rings. The van der Waals surface area contributed by atoms with Gasteiger partial charge in [0, 0.05) is 0 Å². The molecular weight excluding hydrogens is 405 g/mol. The molecule has 27 heavy (non-hydrogen) atoms. The summed E-state index contributed by atoms with van der Waals surface area (Å²) in [6, 6.07) is 8.37. The zero-order valence-corrected chi connectivity index (χ0v) is 23.4. The average Bonchev–Trinajstić information content (AvgIpc) is 2.40. The first kappa shape index (κ1) is 24.8. The van der Waals surface area contributed by atoms with E-state index in [9.17, 15) is 0 Å². The van der Waals surface area contributed by atoms with Crippen molar-refractivity contribution in [3.63, 3.8) is 0 Å². The van der Waals surface area contributed by atoms with Crippen molar-refractivity contribution in [1.82, 2.24) is 0 Å². The molecule has 0 aliphatic rings. The summed E-state index contributed by atoms with van der Waals surface area (Å²) in [5, 5.41) is 0. The van der Waals surface area contributed by atoms with Crippen molar-refractivity contribution in [2.24, 2.45) is 0 Å². The molecule has 0 spiro atoms. The third-order valence-electron chi connectivity index (χ3n) is 3.68. The first-order valence-corrected chi connectivity index (χ1v) is 21.2. The first-order chi connectivity index (χ1) is 12.0. The van der Waals surface area contributed by atoms with Crippen LogP contribution in [0.5, 0.6) is 5.75 Å². The Balaban J connectivity index is 2.85. The standard InChI is InChI=1S/C19H40O4Si4/c1-19(2,3)17-12-14-18(15-13-17)20-16-27(11,23-26(8,9)10)22-24(4)21-25(5,6)7/h12-15,24H,16H2,1-11H3. The van der Waals surface area contributed by atoms with Gasteiger partial charge in [0.1, 0.15) is 12.0 Å². The van der Waals surface area contributed by atoms with E-state index in [1.54, 1.807) is 0 Å². The molecule has 8 heteroatoms. The molecule has 4 nitrogen and oxygen atoms in total. The lowest BCUT2D eigenvalue weighted by Gasteiger charge is -2.36. The highest BCUT2D eigenvalue weighted by Gasteiger charge is 2.40. The number of hydrogen-bond acceptors (Lipinski definition) is 4. The Kier molecular flexibility index (Phi) is 8.32. The van der Waals surface area contributed by atoms with Crippen molar-refractivity contribution in [3.8, 4) is 5.75 Å². The molecule has 0 aromatic heterocycles. The van der Waals surface area contributed by atoms with Gasteiger partial charge < -0.3 is 17.1 Å². The quantitative estimate of drug-likeness (QED) is 0.468. The van der Waals surface area contributed by atoms with Gasteiger partial charge in [0.2, 0.25) is 0 Å². The first-order valence-electron chi connectivity index (χ1n) is 9.78. The lowest BCUT2D eigenvalue weighted by atomic mass is 9.87. The molecule has 0 saturated heterocycles. The maximum absolute atomic E-state index is 6.51. The molecule has 0 amide bonds. The molecule has 2 atom stereocenters. The summed E-state index contributed by atoms with van der Waals surface area (Å²) in [6.45, 7) is 24.1. The predicted octanol–water partition coefficient (Wildman–Crippen LogP) is 5.54. The molecule has 0 heterocycles. The minimum Gasteiger partial charge on any atom is -0.492 e. The maximum atomic E-state index is 6.51. The van der Waals surface area contributed by atoms with Crippen LogP contribution in [0.1, 0.15) is 26.3 Å². The lowest BCUT2D eigenvalue weighted by molar-refractivity contribution is 0.279. The van der Waals surface area contributed by atoms with Crippen LogP contribution < -0.4 is 4.74 Å². The molecule has 0 aliphatic heterocycles. The highest BCUT2D eigenvalue weighted by Crippen LogP contribution is 2.25. The van der Waals surface area contributed by atoms with E-state index in [1.165, 1.54) is 5.56 Å². The molecule has 1 aromatic carbocycles. The van der Waals surface area contributed by atoms with Crippen molar-refractivity contribution >= 4 is 34.5 Å². The molecule has 0 radical (unpaired) electrons. The van der Waals surface area contributed by atoms with Gasteiger partial charge in [0.05, 0.1) is 0 Å². The largest absolute Gasteiger partial charge is 0.492 e. The van der Waals surface area contributed by atoms with Crippen LogP contribution in [0, 0.1) is 0 Å². The summed E-state index contributed by atoms with van der Waals surface area (Å²) in [5.74, 6) is 0.866. The van der Waals surface area contributed by atoms with Crippen LogP contribution in [0.3, 0.4) is 0 Å². The molecule has 0 bridgehead atoms. The van der Waals surface area contributed by atoms with Crippen molar-refractivity contribution in [2.45, 2.75) is 78.6 Å². The predicted molar refractivity (Wildman–Crippen MR) is 125 cm³/mol. The summed E-state index contributed by atoms with van der Waals surface area (Å²) in [6.07, 6.45) is 0.485. The van der Waals surface area contributed by atoms with Gasteiger partial charge >= 0.3 is 8.56 Å². The molecule has 0 aliphatic carbocycles. The number of hydrogen-bond donors (Lipinski definition) is 0. The van der Waals surface area contributed by atoms with Crippen molar-refractivity contribution < 1.29 is 17.1 Å². The van der Waals surface area contributed by atoms with Crippen LogP contribution in [0.25, 0.3) is 0 Å². The normalized spacial score (nSPS) is 16.7. The van der Waals surface area contributed by atoms with Crippen LogP contribution in [0.2, 0.25) is 52.4 Å². The van der Waals surface area contributed by atoms with E-state index in [1.807, 2.05) is 12.1 Å². The summed E-state index contributed by atoms with van der Waals surface area (Å²) in [5.41, 5.74) is 1.44. The molecule has 0 saturated carbocycles. The molecule has 2 unspecified atom stereocenters. The summed E-state index contributed by atoms with van der Waals surface area (Å²) in [4.78, 5) is 0. The van der Waals surface area contributed by atoms with E-state index in [4.69, 9.17) is 17.1 Å². The molecule has 0 N–H and O–H groups in total. The highest BCUT2D eigenvalue weighted by atomic mass is 28.5. The molecular formula is C19H40O4Si4. The summed E-state index contributed by atoms with van der Waals surface area (Å²) < 4.78 is 25.3. The molecule has 1 rings (SSSR count). The van der Waals surface area contributed by atoms with E-state index < -0.39 is 34.5 Å². The van der Waals surface area contributed by atoms with Crippen LogP contribution in [-0.2, 0) is 17.8 Å². The Morgan fingerprint density at radius 3 is 1.74 bits per heavy atom. The van der Waals surface area contributed by atoms with Crippen molar-refractivity contribution in [2.75, 3.05) is 6.23 Å². The Bertz CT molecular complexity index is 588. The van der Waals surface area contributed by atoms with Gasteiger partial charge in [0.15, 0.2) is 16.6 Å². The topological polar surface area (TPSA) is 36.9 Å². The van der Waals surface area contributed by atoms with Crippen molar-refractivity contribution in [3.05, 3.63) is 29.8 Å². The number of rotatable bonds is 9. The smallest absolute Gasteiger partial charge is 0.354 e. The second-order valence-corrected chi connectivity index (χ2v) is 25.2. The van der Waals surface area contributed by atoms with Gasteiger partial charge in [-0.1, -0.05) is 32.9 Å². The van der Waals surface area contributed by atoms with Crippen LogP contribution in [0.4, 0.5) is 0 Å². The summed E-state index contributed by atoms with van der Waals surface area (Å²) in [7, 11) is -7.61. The number of benzene rings is 1. The zero-order chi connectivity index (χ0) is 21.1. The van der Waals surface area contributed by atoms with Crippen LogP contribution >= 0.6 is 0 Å². The van der Waals surface area contributed by atoms with E-state index >= 15 is 0 Å². The SMILES string of the molecule is C[SiH](O[Si](C)(C)C)O[Si](C)(COc1ccc(C(C)(C)C)cc1)O[Si](C)(C)C. The second-order valence-electron chi connectivity index (χ2n) is 10.3. The molecule has 0 fully saturated rings. The van der Waals surface area contributed by atoms with Crippen molar-refractivity contribution in [1.29, 1.82) is 0 Å². The molecule has 156 valence electrons. The average molecular weight is 445 g/mol. The third kappa shape index (κ3) is 10.2. The van der Waals surface area contributed by atoms with Gasteiger partial charge in [-0.3, -0.25) is 0 Å². The Hall–Kier alpha value is -0.232. The van der Waals surface area contributed by atoms with Gasteiger partial charge in [-0.15, -0.1) is 0 Å². The minimum atomic E-state index is -2.48. The van der Waals surface area contributed by atoms with E-state index in [0.29, 0.717) is 6.23 Å². The van der Waals surface area contributed by atoms with Gasteiger partial charge in [0.25, 0.3) is 9.28 Å². The van der Waals surface area contributed by atoms with Crippen LogP contribution in [0.15, 0.2) is 24.3 Å². The second kappa shape index (κ2) is 9.06. The Morgan fingerprint density at radius 2 is 1.33 bits per heavy atom. The monoisotopic (exact) mass is 444 g/mol.